The Labute approximate surface area is 81.0 Å². The Morgan fingerprint density at radius 3 is 2.50 bits per heavy atom. The van der Waals surface area contributed by atoms with Crippen LogP contribution in [-0.2, 0) is 0 Å². The molecule has 12 heavy (non-hydrogen) atoms. The first-order valence-electron chi connectivity index (χ1n) is 4.84. The van der Waals surface area contributed by atoms with Crippen molar-refractivity contribution in [1.29, 1.82) is 0 Å². The minimum Gasteiger partial charge on any atom is -0.392 e. The highest BCUT2D eigenvalue weighted by atomic mass is 32.1. The number of aliphatic hydroxyl groups excluding tert-OH is 1. The van der Waals surface area contributed by atoms with E-state index in [2.05, 4.69) is 26.5 Å². The number of hydrogen-bond donors (Lipinski definition) is 2. The highest BCUT2D eigenvalue weighted by Gasteiger charge is 2.36. The second-order valence-electron chi connectivity index (χ2n) is 4.65. The van der Waals surface area contributed by atoms with E-state index in [0.29, 0.717) is 11.8 Å². The van der Waals surface area contributed by atoms with Gasteiger partial charge in [-0.1, -0.05) is 13.8 Å². The van der Waals surface area contributed by atoms with Crippen LogP contribution < -0.4 is 0 Å². The van der Waals surface area contributed by atoms with Gasteiger partial charge in [0.2, 0.25) is 0 Å². The standard InChI is InChI=1S/C10H20OS/c1-7(2)8-4-5-10(3,12)9(11)6-8/h7-9,11-12H,4-6H2,1-3H3. The maximum absolute atomic E-state index is 9.78. The topological polar surface area (TPSA) is 20.2 Å². The van der Waals surface area contributed by atoms with Gasteiger partial charge in [0.05, 0.1) is 6.10 Å². The van der Waals surface area contributed by atoms with Crippen LogP contribution in [0.15, 0.2) is 0 Å². The lowest BCUT2D eigenvalue weighted by Crippen LogP contribution is -2.41. The Bertz CT molecular complexity index is 154. The summed E-state index contributed by atoms with van der Waals surface area (Å²) in [4.78, 5) is 0. The van der Waals surface area contributed by atoms with Gasteiger partial charge in [0, 0.05) is 4.75 Å². The first kappa shape index (κ1) is 10.4. The normalized spacial score (nSPS) is 43.5. The van der Waals surface area contributed by atoms with Crippen molar-refractivity contribution < 1.29 is 5.11 Å². The molecule has 1 rings (SSSR count). The third-order valence-corrected chi connectivity index (χ3v) is 3.73. The Hall–Kier alpha value is 0.310. The monoisotopic (exact) mass is 188 g/mol. The molecule has 0 aromatic carbocycles. The molecule has 0 saturated heterocycles. The second kappa shape index (κ2) is 3.59. The lowest BCUT2D eigenvalue weighted by atomic mass is 9.75. The van der Waals surface area contributed by atoms with E-state index in [-0.39, 0.29) is 10.9 Å². The van der Waals surface area contributed by atoms with Gasteiger partial charge in [-0.15, -0.1) is 0 Å². The molecule has 1 fully saturated rings. The molecule has 0 spiro atoms. The van der Waals surface area contributed by atoms with Crippen molar-refractivity contribution in [3.05, 3.63) is 0 Å². The van der Waals surface area contributed by atoms with Crippen LogP contribution in [0.5, 0.6) is 0 Å². The van der Waals surface area contributed by atoms with Gasteiger partial charge in [0.1, 0.15) is 0 Å². The molecule has 3 unspecified atom stereocenters. The van der Waals surface area contributed by atoms with Gasteiger partial charge in [-0.2, -0.15) is 12.6 Å². The zero-order chi connectivity index (χ0) is 9.35. The average Bonchev–Trinajstić information content (AvgIpc) is 1.94. The van der Waals surface area contributed by atoms with Gasteiger partial charge in [-0.25, -0.2) is 0 Å². The quantitative estimate of drug-likeness (QED) is 0.606. The predicted octanol–water partition coefficient (Wildman–Crippen LogP) is 2.49. The van der Waals surface area contributed by atoms with E-state index < -0.39 is 0 Å². The third kappa shape index (κ3) is 2.17. The summed E-state index contributed by atoms with van der Waals surface area (Å²) in [6.07, 6.45) is 2.97. The average molecular weight is 188 g/mol. The molecule has 1 N–H and O–H groups in total. The fourth-order valence-corrected chi connectivity index (χ4v) is 2.14. The van der Waals surface area contributed by atoms with E-state index in [9.17, 15) is 5.11 Å². The van der Waals surface area contributed by atoms with Crippen LogP contribution in [0, 0.1) is 11.8 Å². The minimum absolute atomic E-state index is 0.147. The van der Waals surface area contributed by atoms with Crippen molar-refractivity contribution in [2.45, 2.75) is 50.9 Å². The predicted molar refractivity (Wildman–Crippen MR) is 55.6 cm³/mol. The van der Waals surface area contributed by atoms with Crippen molar-refractivity contribution in [2.24, 2.45) is 11.8 Å². The number of hydrogen-bond acceptors (Lipinski definition) is 2. The van der Waals surface area contributed by atoms with Gasteiger partial charge in [0.15, 0.2) is 0 Å². The molecule has 0 aromatic heterocycles. The fraction of sp³-hybridized carbons (Fsp3) is 1.00. The molecule has 0 aromatic rings. The fourth-order valence-electron chi connectivity index (χ4n) is 1.91. The zero-order valence-corrected chi connectivity index (χ0v) is 9.14. The van der Waals surface area contributed by atoms with Crippen molar-refractivity contribution >= 4 is 12.6 Å². The smallest absolute Gasteiger partial charge is 0.0684 e. The largest absolute Gasteiger partial charge is 0.392 e. The van der Waals surface area contributed by atoms with Crippen LogP contribution in [0.1, 0.15) is 40.0 Å². The molecular weight excluding hydrogens is 168 g/mol. The molecule has 1 saturated carbocycles. The van der Waals surface area contributed by atoms with E-state index in [1.54, 1.807) is 0 Å². The summed E-state index contributed by atoms with van der Waals surface area (Å²) in [5.74, 6) is 1.39. The zero-order valence-electron chi connectivity index (χ0n) is 8.25. The lowest BCUT2D eigenvalue weighted by Gasteiger charge is -2.39. The summed E-state index contributed by atoms with van der Waals surface area (Å²) in [7, 11) is 0. The highest BCUT2D eigenvalue weighted by molar-refractivity contribution is 7.81. The minimum atomic E-state index is -0.220. The molecule has 0 amide bonds. The molecular formula is C10H20OS. The van der Waals surface area contributed by atoms with Gasteiger partial charge < -0.3 is 5.11 Å². The van der Waals surface area contributed by atoms with Gasteiger partial charge in [0.25, 0.3) is 0 Å². The van der Waals surface area contributed by atoms with Crippen LogP contribution in [-0.4, -0.2) is 16.0 Å². The van der Waals surface area contributed by atoms with Gasteiger partial charge in [-0.3, -0.25) is 0 Å². The van der Waals surface area contributed by atoms with Crippen molar-refractivity contribution in [3.8, 4) is 0 Å². The molecule has 1 aliphatic carbocycles. The molecule has 3 atom stereocenters. The molecule has 2 heteroatoms. The van der Waals surface area contributed by atoms with Crippen molar-refractivity contribution in [3.63, 3.8) is 0 Å². The molecule has 0 bridgehead atoms. The first-order valence-corrected chi connectivity index (χ1v) is 5.28. The summed E-state index contributed by atoms with van der Waals surface area (Å²) in [6, 6.07) is 0. The Kier molecular flexibility index (Phi) is 3.11. The number of thiol groups is 1. The SMILES string of the molecule is CC(C)C1CCC(C)(S)C(O)C1. The van der Waals surface area contributed by atoms with E-state index >= 15 is 0 Å². The first-order chi connectivity index (χ1) is 5.43. The molecule has 1 aliphatic rings. The van der Waals surface area contributed by atoms with Crippen molar-refractivity contribution in [1.82, 2.24) is 0 Å². The Morgan fingerprint density at radius 1 is 1.50 bits per heavy atom. The van der Waals surface area contributed by atoms with Crippen LogP contribution in [0.25, 0.3) is 0 Å². The maximum atomic E-state index is 9.78. The molecule has 0 heterocycles. The highest BCUT2D eigenvalue weighted by Crippen LogP contribution is 2.39. The summed E-state index contributed by atoms with van der Waals surface area (Å²) in [5, 5.41) is 9.78. The van der Waals surface area contributed by atoms with Crippen LogP contribution in [0.2, 0.25) is 0 Å². The molecule has 1 nitrogen and oxygen atoms in total. The van der Waals surface area contributed by atoms with Crippen LogP contribution in [0.4, 0.5) is 0 Å². The summed E-state index contributed by atoms with van der Waals surface area (Å²) < 4.78 is -0.147. The Morgan fingerprint density at radius 2 is 2.08 bits per heavy atom. The number of aliphatic hydroxyl groups is 1. The van der Waals surface area contributed by atoms with Gasteiger partial charge in [-0.05, 0) is 38.0 Å². The molecule has 0 radical (unpaired) electrons. The number of rotatable bonds is 1. The molecule has 72 valence electrons. The summed E-state index contributed by atoms with van der Waals surface area (Å²) in [5.41, 5.74) is 0. The van der Waals surface area contributed by atoms with E-state index in [1.807, 2.05) is 6.92 Å². The molecule has 0 aliphatic heterocycles. The third-order valence-electron chi connectivity index (χ3n) is 3.21. The van der Waals surface area contributed by atoms with Crippen LogP contribution in [0.3, 0.4) is 0 Å². The van der Waals surface area contributed by atoms with E-state index in [4.69, 9.17) is 0 Å². The summed E-state index contributed by atoms with van der Waals surface area (Å²) >= 11 is 4.47. The van der Waals surface area contributed by atoms with Gasteiger partial charge >= 0.3 is 0 Å². The maximum Gasteiger partial charge on any atom is 0.0684 e. The lowest BCUT2D eigenvalue weighted by molar-refractivity contribution is 0.0588. The van der Waals surface area contributed by atoms with Crippen LogP contribution >= 0.6 is 12.6 Å². The van der Waals surface area contributed by atoms with E-state index in [1.165, 1.54) is 6.42 Å². The second-order valence-corrected chi connectivity index (χ2v) is 5.67. The van der Waals surface area contributed by atoms with Crippen molar-refractivity contribution in [2.75, 3.05) is 0 Å². The van der Waals surface area contributed by atoms with E-state index in [0.717, 1.165) is 12.8 Å². The summed E-state index contributed by atoms with van der Waals surface area (Å²) in [6.45, 7) is 6.51. The Balaban J connectivity index is 2.52.